The van der Waals surface area contributed by atoms with Crippen molar-refractivity contribution >= 4 is 28.4 Å². The second kappa shape index (κ2) is 8.62. The highest BCUT2D eigenvalue weighted by Gasteiger charge is 2.22. The number of carbonyl (C=O) groups excluding carboxylic acids is 1. The predicted octanol–water partition coefficient (Wildman–Crippen LogP) is 5.61. The Morgan fingerprint density at radius 3 is 2.63 bits per heavy atom. The lowest BCUT2D eigenvalue weighted by atomic mass is 9.88. The summed E-state index contributed by atoms with van der Waals surface area (Å²) in [6, 6.07) is 16.2. The summed E-state index contributed by atoms with van der Waals surface area (Å²) in [6.07, 6.45) is 2.59. The van der Waals surface area contributed by atoms with E-state index in [1.54, 1.807) is 0 Å². The van der Waals surface area contributed by atoms with Gasteiger partial charge in [-0.2, -0.15) is 0 Å². The number of aryl methyl sites for hydroxylation is 1. The molecule has 2 aromatic carbocycles. The van der Waals surface area contributed by atoms with Gasteiger partial charge in [-0.05, 0) is 42.2 Å². The van der Waals surface area contributed by atoms with Crippen LogP contribution >= 0.6 is 11.6 Å². The Labute approximate surface area is 166 Å². The van der Waals surface area contributed by atoms with Crippen molar-refractivity contribution in [3.63, 3.8) is 0 Å². The molecule has 1 amide bonds. The summed E-state index contributed by atoms with van der Waals surface area (Å²) in [4.78, 5) is 12.7. The third kappa shape index (κ3) is 4.54. The van der Waals surface area contributed by atoms with E-state index in [1.807, 2.05) is 18.2 Å². The summed E-state index contributed by atoms with van der Waals surface area (Å²) in [5.74, 6) is 0.469. The minimum Gasteiger partial charge on any atom is -0.356 e. The van der Waals surface area contributed by atoms with Gasteiger partial charge in [-0.15, -0.1) is 0 Å². The van der Waals surface area contributed by atoms with E-state index in [1.165, 1.54) is 16.5 Å². The van der Waals surface area contributed by atoms with Crippen LogP contribution in [0, 0.1) is 5.92 Å². The molecule has 0 bridgehead atoms. The van der Waals surface area contributed by atoms with Crippen molar-refractivity contribution in [2.75, 3.05) is 6.54 Å². The smallest absolute Gasteiger partial charge is 0.220 e. The maximum Gasteiger partial charge on any atom is 0.220 e. The molecule has 0 spiro atoms. The van der Waals surface area contributed by atoms with Crippen LogP contribution in [0.2, 0.25) is 5.02 Å². The van der Waals surface area contributed by atoms with Crippen LogP contribution in [-0.2, 0) is 11.3 Å². The molecule has 1 aromatic heterocycles. The molecule has 0 aliphatic rings. The van der Waals surface area contributed by atoms with E-state index in [9.17, 15) is 4.79 Å². The average Bonchev–Trinajstić information content (AvgIpc) is 3.03. The lowest BCUT2D eigenvalue weighted by molar-refractivity contribution is -0.121. The number of rotatable bonds is 7. The summed E-state index contributed by atoms with van der Waals surface area (Å²) in [6.45, 7) is 7.92. The van der Waals surface area contributed by atoms with E-state index >= 15 is 0 Å². The Kier molecular flexibility index (Phi) is 6.22. The number of para-hydroxylation sites is 1. The van der Waals surface area contributed by atoms with Gasteiger partial charge in [-0.3, -0.25) is 4.79 Å². The van der Waals surface area contributed by atoms with Crippen LogP contribution in [0.25, 0.3) is 10.9 Å². The second-order valence-electron chi connectivity index (χ2n) is 7.40. The molecule has 0 radical (unpaired) electrons. The van der Waals surface area contributed by atoms with E-state index in [-0.39, 0.29) is 11.8 Å². The van der Waals surface area contributed by atoms with Gasteiger partial charge in [0.15, 0.2) is 0 Å². The SMILES string of the molecule is CCn1cc(C(CC(=O)NCC(C)C)c2cccc(Cl)c2)c2ccccc21. The number of hydrogen-bond donors (Lipinski definition) is 1. The van der Waals surface area contributed by atoms with E-state index in [0.29, 0.717) is 23.9 Å². The minimum absolute atomic E-state index is 0.0337. The first-order chi connectivity index (χ1) is 13.0. The Morgan fingerprint density at radius 2 is 1.93 bits per heavy atom. The zero-order valence-electron chi connectivity index (χ0n) is 16.2. The first-order valence-electron chi connectivity index (χ1n) is 9.59. The number of nitrogens with one attached hydrogen (secondary N) is 1. The number of fused-ring (bicyclic) bond motifs is 1. The number of halogens is 1. The van der Waals surface area contributed by atoms with Crippen LogP contribution in [-0.4, -0.2) is 17.0 Å². The summed E-state index contributed by atoms with van der Waals surface area (Å²) in [5, 5.41) is 4.95. The molecule has 1 atom stereocenters. The topological polar surface area (TPSA) is 34.0 Å². The Bertz CT molecular complexity index is 929. The van der Waals surface area contributed by atoms with Crippen LogP contribution in [0.5, 0.6) is 0 Å². The lowest BCUT2D eigenvalue weighted by Crippen LogP contribution is -2.28. The van der Waals surface area contributed by atoms with Gasteiger partial charge in [0.05, 0.1) is 0 Å². The van der Waals surface area contributed by atoms with E-state index in [4.69, 9.17) is 11.6 Å². The summed E-state index contributed by atoms with van der Waals surface area (Å²) >= 11 is 6.26. The molecule has 1 N–H and O–H groups in total. The van der Waals surface area contributed by atoms with Crippen LogP contribution in [0.1, 0.15) is 44.2 Å². The van der Waals surface area contributed by atoms with Gasteiger partial charge >= 0.3 is 0 Å². The van der Waals surface area contributed by atoms with Crippen molar-refractivity contribution in [1.82, 2.24) is 9.88 Å². The molecule has 0 aliphatic carbocycles. The molecule has 0 aliphatic heterocycles. The monoisotopic (exact) mass is 382 g/mol. The van der Waals surface area contributed by atoms with Gasteiger partial charge in [0.25, 0.3) is 0 Å². The van der Waals surface area contributed by atoms with Crippen LogP contribution in [0.3, 0.4) is 0 Å². The highest BCUT2D eigenvalue weighted by Crippen LogP contribution is 2.35. The summed E-state index contributed by atoms with van der Waals surface area (Å²) in [7, 11) is 0. The van der Waals surface area contributed by atoms with Crippen molar-refractivity contribution < 1.29 is 4.79 Å². The summed E-state index contributed by atoms with van der Waals surface area (Å²) < 4.78 is 2.24. The highest BCUT2D eigenvalue weighted by atomic mass is 35.5. The first kappa shape index (κ1) is 19.5. The largest absolute Gasteiger partial charge is 0.356 e. The second-order valence-corrected chi connectivity index (χ2v) is 7.83. The molecule has 1 heterocycles. The number of nitrogens with zero attached hydrogens (tertiary/aromatic N) is 1. The molecule has 27 heavy (non-hydrogen) atoms. The maximum absolute atomic E-state index is 12.7. The van der Waals surface area contributed by atoms with Gasteiger partial charge in [-0.1, -0.05) is 55.8 Å². The van der Waals surface area contributed by atoms with Crippen molar-refractivity contribution in [2.24, 2.45) is 5.92 Å². The van der Waals surface area contributed by atoms with Crippen molar-refractivity contribution in [3.8, 4) is 0 Å². The van der Waals surface area contributed by atoms with E-state index in [0.717, 1.165) is 12.1 Å². The third-order valence-electron chi connectivity index (χ3n) is 4.88. The number of aromatic nitrogens is 1. The molecular formula is C23H27ClN2O. The number of carbonyl (C=O) groups is 1. The molecule has 3 rings (SSSR count). The number of amides is 1. The van der Waals surface area contributed by atoms with Gasteiger partial charge in [0, 0.05) is 47.6 Å². The zero-order valence-corrected chi connectivity index (χ0v) is 17.0. The number of hydrogen-bond acceptors (Lipinski definition) is 1. The van der Waals surface area contributed by atoms with Crippen molar-refractivity contribution in [2.45, 2.75) is 39.7 Å². The Hall–Kier alpha value is -2.26. The van der Waals surface area contributed by atoms with E-state index < -0.39 is 0 Å². The first-order valence-corrected chi connectivity index (χ1v) is 9.97. The Morgan fingerprint density at radius 1 is 1.15 bits per heavy atom. The molecule has 4 heteroatoms. The molecule has 3 nitrogen and oxygen atoms in total. The van der Waals surface area contributed by atoms with Gasteiger partial charge in [0.2, 0.25) is 5.91 Å². The predicted molar refractivity (Wildman–Crippen MR) is 113 cm³/mol. The van der Waals surface area contributed by atoms with Crippen LogP contribution < -0.4 is 5.32 Å². The van der Waals surface area contributed by atoms with Gasteiger partial charge in [-0.25, -0.2) is 0 Å². The van der Waals surface area contributed by atoms with Gasteiger partial charge < -0.3 is 9.88 Å². The fourth-order valence-electron chi connectivity index (χ4n) is 3.52. The molecule has 3 aromatic rings. The highest BCUT2D eigenvalue weighted by molar-refractivity contribution is 6.30. The van der Waals surface area contributed by atoms with Gasteiger partial charge in [0.1, 0.15) is 0 Å². The Balaban J connectivity index is 2.03. The normalized spacial score (nSPS) is 12.5. The molecule has 0 saturated carbocycles. The quantitative estimate of drug-likeness (QED) is 0.566. The minimum atomic E-state index is -0.0337. The molecule has 0 fully saturated rings. The van der Waals surface area contributed by atoms with Crippen LogP contribution in [0.4, 0.5) is 0 Å². The fourth-order valence-corrected chi connectivity index (χ4v) is 3.72. The number of benzene rings is 2. The standard InChI is InChI=1S/C23H27ClN2O/c1-4-26-15-21(19-10-5-6-11-22(19)26)20(13-23(27)25-14-16(2)3)17-8-7-9-18(24)12-17/h5-12,15-16,20H,4,13-14H2,1-3H3,(H,25,27). The lowest BCUT2D eigenvalue weighted by Gasteiger charge is -2.18. The molecule has 1 unspecified atom stereocenters. The van der Waals surface area contributed by atoms with Crippen molar-refractivity contribution in [3.05, 3.63) is 70.9 Å². The van der Waals surface area contributed by atoms with Crippen molar-refractivity contribution in [1.29, 1.82) is 0 Å². The third-order valence-corrected chi connectivity index (χ3v) is 5.12. The zero-order chi connectivity index (χ0) is 19.4. The van der Waals surface area contributed by atoms with Crippen LogP contribution in [0.15, 0.2) is 54.7 Å². The maximum atomic E-state index is 12.7. The molecule has 142 valence electrons. The van der Waals surface area contributed by atoms with E-state index in [2.05, 4.69) is 67.2 Å². The fraction of sp³-hybridized carbons (Fsp3) is 0.348. The summed E-state index contributed by atoms with van der Waals surface area (Å²) in [5.41, 5.74) is 3.44. The molecule has 0 saturated heterocycles. The molecular weight excluding hydrogens is 356 g/mol. The average molecular weight is 383 g/mol.